The number of amides is 2. The van der Waals surface area contributed by atoms with Gasteiger partial charge in [0.2, 0.25) is 11.8 Å². The van der Waals surface area contributed by atoms with Crippen molar-refractivity contribution in [2.45, 2.75) is 38.4 Å². The number of imide groups is 1. The number of Topliss-reactive ketones (excluding diaryl/α,β-unsaturated/α-hetero) is 1. The lowest BCUT2D eigenvalue weighted by Crippen LogP contribution is -2.52. The number of hydrogen-bond donors (Lipinski definition) is 0. The molecule has 0 spiro atoms. The molecule has 2 saturated heterocycles. The minimum atomic E-state index is -0.838. The Morgan fingerprint density at radius 3 is 2.26 bits per heavy atom. The molecule has 0 unspecified atom stereocenters. The zero-order chi connectivity index (χ0) is 22.1. The largest absolute Gasteiger partial charge is 0.352 e. The molecule has 158 valence electrons. The predicted octanol–water partition coefficient (Wildman–Crippen LogP) is 3.69. The number of hydrogen-bond acceptors (Lipinski definition) is 4. The second kappa shape index (κ2) is 6.61. The molecule has 0 aliphatic carbocycles. The van der Waals surface area contributed by atoms with Gasteiger partial charge in [0.1, 0.15) is 11.9 Å². The van der Waals surface area contributed by atoms with Gasteiger partial charge in [-0.15, -0.1) is 0 Å². The van der Waals surface area contributed by atoms with Gasteiger partial charge in [-0.05, 0) is 56.7 Å². The summed E-state index contributed by atoms with van der Waals surface area (Å²) in [5.74, 6) is -2.69. The number of carbonyl (C=O) groups excluding carboxylic acids is 3. The fourth-order valence-electron chi connectivity index (χ4n) is 5.26. The fourth-order valence-corrected chi connectivity index (χ4v) is 5.26. The summed E-state index contributed by atoms with van der Waals surface area (Å²) in [7, 11) is 0. The average molecular weight is 418 g/mol. The standard InChI is InChI=1S/C25H23FN2O3/c1-25(2,3)28-23(30)19-18-13-10-14-6-4-5-7-17(14)27(18)21(20(19)24(28)31)22(29)15-8-11-16(26)12-9-15/h4-13,18-21H,1-3H3/t18-,19+,20+,21-/m1/s1. The third-order valence-electron chi connectivity index (χ3n) is 6.48. The van der Waals surface area contributed by atoms with Crippen molar-refractivity contribution in [1.82, 2.24) is 4.90 Å². The Bertz CT molecular complexity index is 1130. The number of anilines is 1. The maximum absolute atomic E-state index is 13.7. The van der Waals surface area contributed by atoms with Crippen LogP contribution in [0.3, 0.4) is 0 Å². The molecule has 0 aromatic heterocycles. The normalized spacial score (nSPS) is 26.7. The average Bonchev–Trinajstić information content (AvgIpc) is 3.21. The number of fused-ring (bicyclic) bond motifs is 5. The first kappa shape index (κ1) is 19.7. The molecule has 2 fully saturated rings. The van der Waals surface area contributed by atoms with Crippen LogP contribution in [0.4, 0.5) is 10.1 Å². The lowest BCUT2D eigenvalue weighted by atomic mass is 9.86. The van der Waals surface area contributed by atoms with Gasteiger partial charge in [0.15, 0.2) is 5.78 Å². The van der Waals surface area contributed by atoms with Crippen molar-refractivity contribution in [2.24, 2.45) is 11.8 Å². The Morgan fingerprint density at radius 2 is 1.58 bits per heavy atom. The van der Waals surface area contributed by atoms with Crippen LogP contribution in [0.15, 0.2) is 54.6 Å². The van der Waals surface area contributed by atoms with Crippen molar-refractivity contribution in [3.8, 4) is 0 Å². The van der Waals surface area contributed by atoms with E-state index in [2.05, 4.69) is 0 Å². The summed E-state index contributed by atoms with van der Waals surface area (Å²) in [6, 6.07) is 11.8. The summed E-state index contributed by atoms with van der Waals surface area (Å²) in [4.78, 5) is 43.9. The van der Waals surface area contributed by atoms with Crippen LogP contribution in [0.2, 0.25) is 0 Å². The van der Waals surface area contributed by atoms with Crippen LogP contribution in [0.1, 0.15) is 36.7 Å². The van der Waals surface area contributed by atoms with Gasteiger partial charge in [0.25, 0.3) is 0 Å². The highest BCUT2D eigenvalue weighted by atomic mass is 19.1. The van der Waals surface area contributed by atoms with Gasteiger partial charge in [-0.1, -0.05) is 30.4 Å². The lowest BCUT2D eigenvalue weighted by Gasteiger charge is -2.38. The smallest absolute Gasteiger partial charge is 0.236 e. The summed E-state index contributed by atoms with van der Waals surface area (Å²) in [5.41, 5.74) is 1.41. The minimum absolute atomic E-state index is 0.240. The Morgan fingerprint density at radius 1 is 0.935 bits per heavy atom. The first-order valence-electron chi connectivity index (χ1n) is 10.4. The predicted molar refractivity (Wildman–Crippen MR) is 115 cm³/mol. The van der Waals surface area contributed by atoms with Crippen molar-refractivity contribution in [2.75, 3.05) is 4.90 Å². The second-order valence-corrected chi connectivity index (χ2v) is 9.37. The molecule has 2 aromatic rings. The highest BCUT2D eigenvalue weighted by molar-refractivity contribution is 6.14. The quantitative estimate of drug-likeness (QED) is 0.551. The first-order chi connectivity index (χ1) is 14.7. The summed E-state index contributed by atoms with van der Waals surface area (Å²) in [5, 5.41) is 0. The van der Waals surface area contributed by atoms with Gasteiger partial charge < -0.3 is 4.90 Å². The Kier molecular flexibility index (Phi) is 4.19. The van der Waals surface area contributed by atoms with E-state index in [0.717, 1.165) is 11.3 Å². The lowest BCUT2D eigenvalue weighted by molar-refractivity contribution is -0.145. The van der Waals surface area contributed by atoms with Crippen molar-refractivity contribution >= 4 is 29.4 Å². The summed E-state index contributed by atoms with van der Waals surface area (Å²) >= 11 is 0. The van der Waals surface area contributed by atoms with Crippen LogP contribution in [-0.4, -0.2) is 40.1 Å². The van der Waals surface area contributed by atoms with Gasteiger partial charge >= 0.3 is 0 Å². The number of likely N-dealkylation sites (tertiary alicyclic amines) is 1. The molecule has 5 nitrogen and oxygen atoms in total. The first-order valence-corrected chi connectivity index (χ1v) is 10.4. The van der Waals surface area contributed by atoms with Crippen molar-refractivity contribution < 1.29 is 18.8 Å². The molecule has 3 heterocycles. The highest BCUT2D eigenvalue weighted by Gasteiger charge is 2.65. The molecule has 0 N–H and O–H groups in total. The fraction of sp³-hybridized carbons (Fsp3) is 0.320. The van der Waals surface area contributed by atoms with Gasteiger partial charge in [-0.3, -0.25) is 19.3 Å². The minimum Gasteiger partial charge on any atom is -0.352 e. The van der Waals surface area contributed by atoms with E-state index in [1.54, 1.807) is 0 Å². The molecule has 0 bridgehead atoms. The van der Waals surface area contributed by atoms with Crippen LogP contribution in [0.5, 0.6) is 0 Å². The van der Waals surface area contributed by atoms with Crippen molar-refractivity contribution in [3.05, 3.63) is 71.6 Å². The van der Waals surface area contributed by atoms with E-state index < -0.39 is 35.3 Å². The van der Waals surface area contributed by atoms with Crippen LogP contribution in [-0.2, 0) is 9.59 Å². The molecule has 2 aromatic carbocycles. The van der Waals surface area contributed by atoms with E-state index in [9.17, 15) is 18.8 Å². The number of halogens is 1. The Labute approximate surface area is 180 Å². The summed E-state index contributed by atoms with van der Waals surface area (Å²) in [6.45, 7) is 5.47. The molecule has 3 aliphatic heterocycles. The van der Waals surface area contributed by atoms with Crippen molar-refractivity contribution in [1.29, 1.82) is 0 Å². The van der Waals surface area contributed by atoms with Crippen molar-refractivity contribution in [3.63, 3.8) is 0 Å². The van der Waals surface area contributed by atoms with Crippen LogP contribution < -0.4 is 4.90 Å². The van der Waals surface area contributed by atoms with Crippen LogP contribution in [0.25, 0.3) is 6.08 Å². The number of ketones is 1. The van der Waals surface area contributed by atoms with Gasteiger partial charge in [-0.25, -0.2) is 4.39 Å². The van der Waals surface area contributed by atoms with Gasteiger partial charge in [0.05, 0.1) is 17.9 Å². The molecular weight excluding hydrogens is 395 g/mol. The monoisotopic (exact) mass is 418 g/mol. The van der Waals surface area contributed by atoms with E-state index in [1.807, 2.05) is 62.1 Å². The van der Waals surface area contributed by atoms with E-state index in [4.69, 9.17) is 0 Å². The molecule has 31 heavy (non-hydrogen) atoms. The molecule has 0 saturated carbocycles. The number of para-hydroxylation sites is 1. The molecule has 0 radical (unpaired) electrons. The SMILES string of the molecule is CC(C)(C)N1C(=O)[C@@H]2[C@H](C1=O)[C@H](C(=O)c1ccc(F)cc1)N1c3ccccc3C=C[C@H]21. The highest BCUT2D eigenvalue weighted by Crippen LogP contribution is 2.50. The van der Waals surface area contributed by atoms with Gasteiger partial charge in [-0.2, -0.15) is 0 Å². The van der Waals surface area contributed by atoms with Crippen LogP contribution >= 0.6 is 0 Å². The van der Waals surface area contributed by atoms with Crippen LogP contribution in [0, 0.1) is 17.7 Å². The number of nitrogens with zero attached hydrogens (tertiary/aromatic N) is 2. The van der Waals surface area contributed by atoms with E-state index in [0.29, 0.717) is 5.56 Å². The van der Waals surface area contributed by atoms with E-state index >= 15 is 0 Å². The maximum Gasteiger partial charge on any atom is 0.236 e. The molecule has 6 heteroatoms. The topological polar surface area (TPSA) is 57.7 Å². The molecule has 2 amide bonds. The summed E-state index contributed by atoms with van der Waals surface area (Å²) in [6.07, 6.45) is 3.88. The third kappa shape index (κ3) is 2.77. The summed E-state index contributed by atoms with van der Waals surface area (Å²) < 4.78 is 13.5. The number of carbonyl (C=O) groups is 3. The maximum atomic E-state index is 13.7. The molecule has 5 rings (SSSR count). The zero-order valence-corrected chi connectivity index (χ0v) is 17.6. The number of benzene rings is 2. The second-order valence-electron chi connectivity index (χ2n) is 9.37. The molecule has 3 aliphatic rings. The Balaban J connectivity index is 1.67. The number of rotatable bonds is 2. The van der Waals surface area contributed by atoms with E-state index in [-0.39, 0.29) is 17.6 Å². The molecule has 4 atom stereocenters. The van der Waals surface area contributed by atoms with Gasteiger partial charge in [0, 0.05) is 16.8 Å². The van der Waals surface area contributed by atoms with E-state index in [1.165, 1.54) is 29.2 Å². The Hall–Kier alpha value is -3.28. The zero-order valence-electron chi connectivity index (χ0n) is 17.6. The third-order valence-corrected chi connectivity index (χ3v) is 6.48. The molecular formula is C25H23FN2O3.